The van der Waals surface area contributed by atoms with Crippen LogP contribution in [-0.2, 0) is 9.53 Å². The van der Waals surface area contributed by atoms with Crippen molar-refractivity contribution in [1.29, 1.82) is 0 Å². The highest BCUT2D eigenvalue weighted by Crippen LogP contribution is 2.21. The van der Waals surface area contributed by atoms with Crippen molar-refractivity contribution in [3.63, 3.8) is 0 Å². The van der Waals surface area contributed by atoms with Crippen LogP contribution >= 0.6 is 0 Å². The summed E-state index contributed by atoms with van der Waals surface area (Å²) in [4.78, 5) is 11.9. The van der Waals surface area contributed by atoms with Crippen LogP contribution in [0.4, 0.5) is 5.69 Å². The summed E-state index contributed by atoms with van der Waals surface area (Å²) in [5.74, 6) is 0.539. The van der Waals surface area contributed by atoms with E-state index in [1.165, 1.54) is 5.56 Å². The van der Waals surface area contributed by atoms with E-state index in [4.69, 9.17) is 4.74 Å². The molecule has 1 amide bonds. The Morgan fingerprint density at radius 3 is 2.72 bits per heavy atom. The molecular weight excluding hydrogens is 226 g/mol. The zero-order valence-corrected chi connectivity index (χ0v) is 11.1. The van der Waals surface area contributed by atoms with Gasteiger partial charge in [-0.15, -0.1) is 0 Å². The molecule has 1 aliphatic heterocycles. The van der Waals surface area contributed by atoms with Crippen molar-refractivity contribution < 1.29 is 9.53 Å². The molecular formula is C15H21NO2. The fraction of sp³-hybridized carbons (Fsp3) is 0.533. The second kappa shape index (κ2) is 6.01. The van der Waals surface area contributed by atoms with Crippen LogP contribution in [0.15, 0.2) is 24.3 Å². The van der Waals surface area contributed by atoms with Crippen LogP contribution in [0.1, 0.15) is 44.6 Å². The SMILES string of the molecule is CCC(C)c1ccc(NC(=O)C2CCCO2)cc1. The standard InChI is InChI=1S/C15H21NO2/c1-3-11(2)12-6-8-13(9-7-12)16-15(17)14-5-4-10-18-14/h6-9,11,14H,3-5,10H2,1-2H3,(H,16,17). The van der Waals surface area contributed by atoms with Gasteiger partial charge in [0.2, 0.25) is 0 Å². The fourth-order valence-electron chi connectivity index (χ4n) is 2.14. The minimum atomic E-state index is -0.265. The van der Waals surface area contributed by atoms with Crippen molar-refractivity contribution in [2.45, 2.75) is 45.1 Å². The van der Waals surface area contributed by atoms with E-state index in [0.717, 1.165) is 24.9 Å². The molecule has 0 saturated carbocycles. The first-order valence-electron chi connectivity index (χ1n) is 6.73. The van der Waals surface area contributed by atoms with E-state index < -0.39 is 0 Å². The predicted molar refractivity (Wildman–Crippen MR) is 72.8 cm³/mol. The number of ether oxygens (including phenoxy) is 1. The lowest BCUT2D eigenvalue weighted by Crippen LogP contribution is -2.26. The van der Waals surface area contributed by atoms with Crippen LogP contribution in [0.3, 0.4) is 0 Å². The van der Waals surface area contributed by atoms with Gasteiger partial charge in [0, 0.05) is 12.3 Å². The summed E-state index contributed by atoms with van der Waals surface area (Å²) in [5, 5.41) is 2.90. The number of nitrogens with one attached hydrogen (secondary N) is 1. The lowest BCUT2D eigenvalue weighted by Gasteiger charge is -2.12. The van der Waals surface area contributed by atoms with E-state index in [-0.39, 0.29) is 12.0 Å². The largest absolute Gasteiger partial charge is 0.368 e. The smallest absolute Gasteiger partial charge is 0.253 e. The number of benzene rings is 1. The van der Waals surface area contributed by atoms with Gasteiger partial charge < -0.3 is 10.1 Å². The Labute approximate surface area is 109 Å². The van der Waals surface area contributed by atoms with Gasteiger partial charge in [-0.1, -0.05) is 26.0 Å². The average Bonchev–Trinajstić information content (AvgIpc) is 2.92. The Morgan fingerprint density at radius 1 is 1.44 bits per heavy atom. The predicted octanol–water partition coefficient (Wildman–Crippen LogP) is 3.32. The Bertz CT molecular complexity index is 393. The van der Waals surface area contributed by atoms with Gasteiger partial charge in [-0.25, -0.2) is 0 Å². The third-order valence-corrected chi connectivity index (χ3v) is 3.58. The van der Waals surface area contributed by atoms with Crippen molar-refractivity contribution >= 4 is 11.6 Å². The first kappa shape index (κ1) is 13.1. The fourth-order valence-corrected chi connectivity index (χ4v) is 2.14. The molecule has 1 N–H and O–H groups in total. The van der Waals surface area contributed by atoms with E-state index in [0.29, 0.717) is 12.5 Å². The van der Waals surface area contributed by atoms with Crippen LogP contribution in [0.25, 0.3) is 0 Å². The summed E-state index contributed by atoms with van der Waals surface area (Å²) >= 11 is 0. The summed E-state index contributed by atoms with van der Waals surface area (Å²) in [7, 11) is 0. The highest BCUT2D eigenvalue weighted by atomic mass is 16.5. The molecule has 0 aromatic heterocycles. The number of anilines is 1. The van der Waals surface area contributed by atoms with Crippen LogP contribution in [0, 0.1) is 0 Å². The maximum absolute atomic E-state index is 11.9. The number of rotatable bonds is 4. The normalized spacial score (nSPS) is 20.7. The molecule has 3 heteroatoms. The van der Waals surface area contributed by atoms with Gasteiger partial charge >= 0.3 is 0 Å². The molecule has 1 aliphatic rings. The Balaban J connectivity index is 1.95. The third kappa shape index (κ3) is 3.10. The van der Waals surface area contributed by atoms with Crippen molar-refractivity contribution in [2.24, 2.45) is 0 Å². The average molecular weight is 247 g/mol. The van der Waals surface area contributed by atoms with Crippen LogP contribution in [0.2, 0.25) is 0 Å². The van der Waals surface area contributed by atoms with Gasteiger partial charge in [0.05, 0.1) is 0 Å². The molecule has 1 fully saturated rings. The molecule has 0 spiro atoms. The molecule has 1 aromatic carbocycles. The molecule has 2 unspecified atom stereocenters. The van der Waals surface area contributed by atoms with Crippen molar-refractivity contribution in [3.8, 4) is 0 Å². The third-order valence-electron chi connectivity index (χ3n) is 3.58. The molecule has 2 atom stereocenters. The second-order valence-electron chi connectivity index (χ2n) is 4.92. The van der Waals surface area contributed by atoms with Gasteiger partial charge in [0.1, 0.15) is 6.10 Å². The molecule has 0 aliphatic carbocycles. The molecule has 0 bridgehead atoms. The highest BCUT2D eigenvalue weighted by molar-refractivity contribution is 5.94. The molecule has 1 saturated heterocycles. The van der Waals surface area contributed by atoms with Crippen LogP contribution < -0.4 is 5.32 Å². The minimum absolute atomic E-state index is 0.0243. The zero-order valence-electron chi connectivity index (χ0n) is 11.1. The molecule has 98 valence electrons. The van der Waals surface area contributed by atoms with Crippen LogP contribution in [0.5, 0.6) is 0 Å². The Morgan fingerprint density at radius 2 is 2.17 bits per heavy atom. The quantitative estimate of drug-likeness (QED) is 0.886. The summed E-state index contributed by atoms with van der Waals surface area (Å²) in [6.07, 6.45) is 2.67. The summed E-state index contributed by atoms with van der Waals surface area (Å²) in [6, 6.07) is 8.10. The van der Waals surface area contributed by atoms with E-state index in [1.54, 1.807) is 0 Å². The number of carbonyl (C=O) groups is 1. The Hall–Kier alpha value is -1.35. The zero-order chi connectivity index (χ0) is 13.0. The van der Waals surface area contributed by atoms with Gasteiger partial charge in [-0.05, 0) is 42.9 Å². The lowest BCUT2D eigenvalue weighted by molar-refractivity contribution is -0.124. The van der Waals surface area contributed by atoms with Crippen molar-refractivity contribution in [3.05, 3.63) is 29.8 Å². The first-order valence-corrected chi connectivity index (χ1v) is 6.73. The number of amides is 1. The van der Waals surface area contributed by atoms with E-state index in [9.17, 15) is 4.79 Å². The molecule has 0 radical (unpaired) electrons. The molecule has 2 rings (SSSR count). The monoisotopic (exact) mass is 247 g/mol. The molecule has 1 aromatic rings. The number of hydrogen-bond donors (Lipinski definition) is 1. The Kier molecular flexibility index (Phi) is 4.37. The van der Waals surface area contributed by atoms with Crippen LogP contribution in [-0.4, -0.2) is 18.6 Å². The van der Waals surface area contributed by atoms with E-state index >= 15 is 0 Å². The molecule has 3 nitrogen and oxygen atoms in total. The van der Waals surface area contributed by atoms with Gasteiger partial charge in [0.25, 0.3) is 5.91 Å². The number of hydrogen-bond acceptors (Lipinski definition) is 2. The summed E-state index contributed by atoms with van der Waals surface area (Å²) < 4.78 is 5.35. The highest BCUT2D eigenvalue weighted by Gasteiger charge is 2.23. The minimum Gasteiger partial charge on any atom is -0.368 e. The van der Waals surface area contributed by atoms with Gasteiger partial charge in [-0.2, -0.15) is 0 Å². The lowest BCUT2D eigenvalue weighted by atomic mass is 9.98. The van der Waals surface area contributed by atoms with Crippen molar-refractivity contribution in [2.75, 3.05) is 11.9 Å². The topological polar surface area (TPSA) is 38.3 Å². The van der Waals surface area contributed by atoms with Crippen molar-refractivity contribution in [1.82, 2.24) is 0 Å². The molecule has 18 heavy (non-hydrogen) atoms. The van der Waals surface area contributed by atoms with Gasteiger partial charge in [-0.3, -0.25) is 4.79 Å². The maximum atomic E-state index is 11.9. The first-order chi connectivity index (χ1) is 8.70. The second-order valence-corrected chi connectivity index (χ2v) is 4.92. The summed E-state index contributed by atoms with van der Waals surface area (Å²) in [6.45, 7) is 5.09. The maximum Gasteiger partial charge on any atom is 0.253 e. The van der Waals surface area contributed by atoms with E-state index in [2.05, 4.69) is 31.3 Å². The van der Waals surface area contributed by atoms with E-state index in [1.807, 2.05) is 12.1 Å². The molecule has 1 heterocycles. The van der Waals surface area contributed by atoms with Gasteiger partial charge in [0.15, 0.2) is 0 Å². The summed E-state index contributed by atoms with van der Waals surface area (Å²) in [5.41, 5.74) is 2.16. The number of carbonyl (C=O) groups excluding carboxylic acids is 1.